The second kappa shape index (κ2) is 10.4. The monoisotopic (exact) mass is 446 g/mol. The zero-order chi connectivity index (χ0) is 23.3. The first-order valence-corrected chi connectivity index (χ1v) is 10.6. The van der Waals surface area contributed by atoms with Gasteiger partial charge in [0.2, 0.25) is 5.91 Å². The van der Waals surface area contributed by atoms with Gasteiger partial charge in [0.25, 0.3) is 0 Å². The summed E-state index contributed by atoms with van der Waals surface area (Å²) in [6.07, 6.45) is 1.27. The van der Waals surface area contributed by atoms with Crippen LogP contribution in [0.3, 0.4) is 0 Å². The Morgan fingerprint density at radius 1 is 1.19 bits per heavy atom. The van der Waals surface area contributed by atoms with Gasteiger partial charge in [-0.05, 0) is 38.9 Å². The van der Waals surface area contributed by atoms with Gasteiger partial charge >= 0.3 is 12.0 Å². The summed E-state index contributed by atoms with van der Waals surface area (Å²) < 4.78 is 16.2. The van der Waals surface area contributed by atoms with E-state index in [-0.39, 0.29) is 18.4 Å². The van der Waals surface area contributed by atoms with Crippen LogP contribution in [0, 0.1) is 5.92 Å². The van der Waals surface area contributed by atoms with Gasteiger partial charge in [0.1, 0.15) is 0 Å². The average molecular weight is 447 g/mol. The summed E-state index contributed by atoms with van der Waals surface area (Å²) in [6.45, 7) is 3.50. The third-order valence-electron chi connectivity index (χ3n) is 5.77. The SMILES string of the molecule is CCOC(=O)C1=C(CN2CCC(C(N)=O)CC2)NC(=O)NC1c1cccc(OC)c1OC. The normalized spacial score (nSPS) is 19.7. The molecule has 1 fully saturated rings. The number of nitrogens with one attached hydrogen (secondary N) is 2. The molecule has 4 N–H and O–H groups in total. The number of carbonyl (C=O) groups is 3. The molecule has 1 atom stereocenters. The Morgan fingerprint density at radius 3 is 2.50 bits per heavy atom. The number of hydrogen-bond donors (Lipinski definition) is 3. The van der Waals surface area contributed by atoms with E-state index < -0.39 is 18.0 Å². The number of para-hydroxylation sites is 1. The Kier molecular flexibility index (Phi) is 7.57. The molecule has 32 heavy (non-hydrogen) atoms. The number of methoxy groups -OCH3 is 2. The van der Waals surface area contributed by atoms with Crippen molar-refractivity contribution in [2.24, 2.45) is 11.7 Å². The standard InChI is InChI=1S/C22H30N4O6/c1-4-32-21(28)17-15(12-26-10-8-13(9-11-26)20(23)27)24-22(29)25-18(17)14-6-5-7-16(30-2)19(14)31-3/h5-7,13,18H,4,8-12H2,1-3H3,(H2,23,27)(H2,24,25,29). The summed E-state index contributed by atoms with van der Waals surface area (Å²) in [4.78, 5) is 39.1. The molecule has 0 saturated carbocycles. The minimum absolute atomic E-state index is 0.152. The summed E-state index contributed by atoms with van der Waals surface area (Å²) in [6, 6.07) is 4.05. The number of hydrogen-bond acceptors (Lipinski definition) is 7. The van der Waals surface area contributed by atoms with E-state index in [1.54, 1.807) is 25.1 Å². The summed E-state index contributed by atoms with van der Waals surface area (Å²) in [5.41, 5.74) is 6.77. The highest BCUT2D eigenvalue weighted by molar-refractivity contribution is 5.95. The van der Waals surface area contributed by atoms with Crippen LogP contribution in [0.25, 0.3) is 0 Å². The first-order valence-electron chi connectivity index (χ1n) is 10.6. The van der Waals surface area contributed by atoms with Crippen molar-refractivity contribution < 1.29 is 28.6 Å². The van der Waals surface area contributed by atoms with Crippen molar-refractivity contribution in [1.82, 2.24) is 15.5 Å². The fourth-order valence-electron chi connectivity index (χ4n) is 4.16. The van der Waals surface area contributed by atoms with Gasteiger partial charge < -0.3 is 30.6 Å². The van der Waals surface area contributed by atoms with E-state index in [9.17, 15) is 14.4 Å². The van der Waals surface area contributed by atoms with Crippen molar-refractivity contribution in [3.63, 3.8) is 0 Å². The Morgan fingerprint density at radius 2 is 1.91 bits per heavy atom. The summed E-state index contributed by atoms with van der Waals surface area (Å²) in [5, 5.41) is 5.59. The van der Waals surface area contributed by atoms with Crippen LogP contribution >= 0.6 is 0 Å². The Bertz CT molecular complexity index is 908. The molecule has 0 bridgehead atoms. The van der Waals surface area contributed by atoms with Crippen LogP contribution in [0.2, 0.25) is 0 Å². The number of rotatable bonds is 8. The van der Waals surface area contributed by atoms with Gasteiger partial charge in [-0.1, -0.05) is 12.1 Å². The lowest BCUT2D eigenvalue weighted by Crippen LogP contribution is -2.49. The van der Waals surface area contributed by atoms with Gasteiger partial charge in [0.05, 0.1) is 32.4 Å². The molecule has 10 nitrogen and oxygen atoms in total. The molecule has 1 unspecified atom stereocenters. The topological polar surface area (TPSA) is 132 Å². The highest BCUT2D eigenvalue weighted by Gasteiger charge is 2.37. The van der Waals surface area contributed by atoms with Crippen molar-refractivity contribution in [2.75, 3.05) is 40.5 Å². The predicted molar refractivity (Wildman–Crippen MR) is 116 cm³/mol. The number of benzene rings is 1. The number of amides is 3. The van der Waals surface area contributed by atoms with Gasteiger partial charge in [-0.2, -0.15) is 0 Å². The van der Waals surface area contributed by atoms with E-state index in [4.69, 9.17) is 19.9 Å². The molecule has 0 spiro atoms. The minimum Gasteiger partial charge on any atom is -0.493 e. The number of urea groups is 1. The summed E-state index contributed by atoms with van der Waals surface area (Å²) in [7, 11) is 3.02. The zero-order valence-electron chi connectivity index (χ0n) is 18.6. The van der Waals surface area contributed by atoms with Crippen molar-refractivity contribution in [2.45, 2.75) is 25.8 Å². The molecule has 10 heteroatoms. The maximum absolute atomic E-state index is 13.0. The number of carbonyl (C=O) groups excluding carboxylic acids is 3. The van der Waals surface area contributed by atoms with Crippen LogP contribution in [0.1, 0.15) is 31.4 Å². The second-order valence-corrected chi connectivity index (χ2v) is 7.68. The largest absolute Gasteiger partial charge is 0.493 e. The fourth-order valence-corrected chi connectivity index (χ4v) is 4.16. The number of likely N-dealkylation sites (tertiary alicyclic amines) is 1. The molecule has 0 radical (unpaired) electrons. The zero-order valence-corrected chi connectivity index (χ0v) is 18.6. The number of primary amides is 1. The quantitative estimate of drug-likeness (QED) is 0.509. The summed E-state index contributed by atoms with van der Waals surface area (Å²) >= 11 is 0. The second-order valence-electron chi connectivity index (χ2n) is 7.68. The number of nitrogens with zero attached hydrogens (tertiary/aromatic N) is 1. The molecule has 3 rings (SSSR count). The number of esters is 1. The lowest BCUT2D eigenvalue weighted by Gasteiger charge is -2.35. The van der Waals surface area contributed by atoms with Crippen LogP contribution in [0.15, 0.2) is 29.5 Å². The lowest BCUT2D eigenvalue weighted by molar-refractivity contribution is -0.139. The Hall–Kier alpha value is -3.27. The van der Waals surface area contributed by atoms with Crippen molar-refractivity contribution >= 4 is 17.9 Å². The van der Waals surface area contributed by atoms with E-state index in [1.165, 1.54) is 14.2 Å². The highest BCUT2D eigenvalue weighted by Crippen LogP contribution is 2.39. The van der Waals surface area contributed by atoms with Crippen LogP contribution in [-0.4, -0.2) is 63.3 Å². The van der Waals surface area contributed by atoms with Crippen molar-refractivity contribution in [3.05, 3.63) is 35.0 Å². The molecule has 1 aromatic rings. The molecule has 1 aromatic carbocycles. The summed E-state index contributed by atoms with van der Waals surface area (Å²) in [5.74, 6) is -0.0730. The van der Waals surface area contributed by atoms with Gasteiger partial charge in [-0.25, -0.2) is 9.59 Å². The van der Waals surface area contributed by atoms with Crippen molar-refractivity contribution in [3.8, 4) is 11.5 Å². The molecular weight excluding hydrogens is 416 g/mol. The van der Waals surface area contributed by atoms with Crippen molar-refractivity contribution in [1.29, 1.82) is 0 Å². The predicted octanol–water partition coefficient (Wildman–Crippen LogP) is 1.07. The molecular formula is C22H30N4O6. The van der Waals surface area contributed by atoms with Gasteiger partial charge in [-0.15, -0.1) is 0 Å². The van der Waals surface area contributed by atoms with E-state index in [0.29, 0.717) is 60.8 Å². The third-order valence-corrected chi connectivity index (χ3v) is 5.77. The maximum Gasteiger partial charge on any atom is 0.338 e. The molecule has 0 aromatic heterocycles. The van der Waals surface area contributed by atoms with Crippen LogP contribution in [-0.2, 0) is 14.3 Å². The van der Waals surface area contributed by atoms with Crippen LogP contribution in [0.4, 0.5) is 4.79 Å². The number of piperidine rings is 1. The molecule has 2 aliphatic rings. The molecule has 2 aliphatic heterocycles. The van der Waals surface area contributed by atoms with Crippen LogP contribution in [0.5, 0.6) is 11.5 Å². The third kappa shape index (κ3) is 4.96. The highest BCUT2D eigenvalue weighted by atomic mass is 16.5. The molecule has 1 saturated heterocycles. The fraction of sp³-hybridized carbons (Fsp3) is 0.500. The Balaban J connectivity index is 1.99. The van der Waals surface area contributed by atoms with E-state index >= 15 is 0 Å². The Labute approximate surface area is 187 Å². The average Bonchev–Trinajstić information content (AvgIpc) is 2.78. The molecule has 3 amide bonds. The smallest absolute Gasteiger partial charge is 0.338 e. The van der Waals surface area contributed by atoms with Gasteiger partial charge in [0, 0.05) is 23.7 Å². The molecule has 174 valence electrons. The first kappa shape index (κ1) is 23.4. The minimum atomic E-state index is -0.786. The lowest BCUT2D eigenvalue weighted by atomic mass is 9.93. The van der Waals surface area contributed by atoms with E-state index in [2.05, 4.69) is 15.5 Å². The van der Waals surface area contributed by atoms with E-state index in [1.807, 2.05) is 0 Å². The first-order chi connectivity index (χ1) is 15.4. The maximum atomic E-state index is 13.0. The van der Waals surface area contributed by atoms with Gasteiger partial charge in [0.15, 0.2) is 11.5 Å². The number of ether oxygens (including phenoxy) is 3. The van der Waals surface area contributed by atoms with E-state index in [0.717, 1.165) is 0 Å². The van der Waals surface area contributed by atoms with Crippen LogP contribution < -0.4 is 25.8 Å². The molecule has 2 heterocycles. The number of nitrogens with two attached hydrogens (primary N) is 1. The molecule has 0 aliphatic carbocycles. The van der Waals surface area contributed by atoms with Gasteiger partial charge in [-0.3, -0.25) is 9.69 Å².